The van der Waals surface area contributed by atoms with Crippen molar-refractivity contribution in [3.8, 4) is 0 Å². The maximum atomic E-state index is 12.8. The molecule has 1 aliphatic rings. The fourth-order valence-corrected chi connectivity index (χ4v) is 3.18. The molecule has 0 bridgehead atoms. The van der Waals surface area contributed by atoms with E-state index in [1.807, 2.05) is 19.1 Å². The topological polar surface area (TPSA) is 76.5 Å². The van der Waals surface area contributed by atoms with Crippen molar-refractivity contribution >= 4 is 34.5 Å². The van der Waals surface area contributed by atoms with E-state index in [-0.39, 0.29) is 10.6 Å². The maximum absolute atomic E-state index is 12.8. The highest BCUT2D eigenvalue weighted by Crippen LogP contribution is 2.40. The van der Waals surface area contributed by atoms with Gasteiger partial charge in [0.25, 0.3) is 0 Å². The monoisotopic (exact) mass is 389 g/mol. The Hall–Kier alpha value is -2.40. The van der Waals surface area contributed by atoms with Crippen molar-refractivity contribution in [2.24, 2.45) is 5.92 Å². The first-order chi connectivity index (χ1) is 12.6. The summed E-state index contributed by atoms with van der Waals surface area (Å²) in [4.78, 5) is 28.4. The van der Waals surface area contributed by atoms with E-state index in [0.717, 1.165) is 18.9 Å². The fraction of sp³-hybridized carbons (Fsp3) is 0.381. The Morgan fingerprint density at radius 1 is 1.41 bits per heavy atom. The minimum absolute atomic E-state index is 0.0303. The number of rotatable bonds is 5. The highest BCUT2D eigenvalue weighted by atomic mass is 35.5. The number of ketones is 1. The number of aromatic nitrogens is 1. The standard InChI is InChI=1S/C21H24ClNO4/c1-6-12(2)9-13(3)7-8-15-10-16-17(11-23-15)19(25)21(5,27-14(4)24)20(26)18(16)22/h7-12,26H,6H2,1-5H3/b8-7+,13-9+/t12-,21+/m1/s1. The summed E-state index contributed by atoms with van der Waals surface area (Å²) in [6.07, 6.45) is 8.38. The Bertz CT molecular complexity index is 869. The lowest BCUT2D eigenvalue weighted by Crippen LogP contribution is -2.44. The molecular formula is C21H24ClNO4. The minimum Gasteiger partial charge on any atom is -0.506 e. The Morgan fingerprint density at radius 3 is 2.67 bits per heavy atom. The van der Waals surface area contributed by atoms with Crippen molar-refractivity contribution in [3.05, 3.63) is 52.6 Å². The Kier molecular flexibility index (Phi) is 6.26. The summed E-state index contributed by atoms with van der Waals surface area (Å²) < 4.78 is 5.06. The van der Waals surface area contributed by atoms with Gasteiger partial charge in [0.15, 0.2) is 5.76 Å². The molecule has 0 amide bonds. The third-order valence-corrected chi connectivity index (χ3v) is 4.94. The van der Waals surface area contributed by atoms with Crippen molar-refractivity contribution in [1.82, 2.24) is 4.98 Å². The molecule has 1 aromatic rings. The smallest absolute Gasteiger partial charge is 0.304 e. The van der Waals surface area contributed by atoms with Gasteiger partial charge in [-0.15, -0.1) is 0 Å². The van der Waals surface area contributed by atoms with Crippen LogP contribution in [0.4, 0.5) is 0 Å². The zero-order chi connectivity index (χ0) is 20.4. The summed E-state index contributed by atoms with van der Waals surface area (Å²) in [5.41, 5.74) is 0.421. The van der Waals surface area contributed by atoms with Gasteiger partial charge in [0.2, 0.25) is 11.4 Å². The second kappa shape index (κ2) is 8.09. The summed E-state index contributed by atoms with van der Waals surface area (Å²) in [5, 5.41) is 10.4. The zero-order valence-electron chi connectivity index (χ0n) is 16.2. The average molecular weight is 390 g/mol. The molecule has 1 aromatic heterocycles. The van der Waals surface area contributed by atoms with Crippen molar-refractivity contribution < 1.29 is 19.4 Å². The molecule has 0 saturated heterocycles. The number of pyridine rings is 1. The molecule has 0 saturated carbocycles. The van der Waals surface area contributed by atoms with Crippen LogP contribution in [0, 0.1) is 5.92 Å². The number of hydrogen-bond acceptors (Lipinski definition) is 5. The molecule has 0 radical (unpaired) electrons. The number of Topliss-reactive ketones (excluding diaryl/α,β-unsaturated/α-hetero) is 1. The molecule has 27 heavy (non-hydrogen) atoms. The van der Waals surface area contributed by atoms with E-state index < -0.39 is 23.1 Å². The number of allylic oxidation sites excluding steroid dienone is 3. The number of fused-ring (bicyclic) bond motifs is 1. The zero-order valence-corrected chi connectivity index (χ0v) is 16.9. The highest BCUT2D eigenvalue weighted by Gasteiger charge is 2.48. The number of esters is 1. The summed E-state index contributed by atoms with van der Waals surface area (Å²) in [6, 6.07) is 1.63. The lowest BCUT2D eigenvalue weighted by Gasteiger charge is -2.31. The fourth-order valence-electron chi connectivity index (χ4n) is 2.85. The molecule has 1 N–H and O–H groups in total. The van der Waals surface area contributed by atoms with Gasteiger partial charge in [0, 0.05) is 24.2 Å². The Balaban J connectivity index is 2.42. The molecule has 6 heteroatoms. The highest BCUT2D eigenvalue weighted by molar-refractivity contribution is 6.51. The van der Waals surface area contributed by atoms with Crippen LogP contribution in [0.25, 0.3) is 11.1 Å². The number of nitrogens with zero attached hydrogens (tertiary/aromatic N) is 1. The summed E-state index contributed by atoms with van der Waals surface area (Å²) in [5.74, 6) is -1.25. The van der Waals surface area contributed by atoms with Gasteiger partial charge in [-0.1, -0.05) is 49.6 Å². The second-order valence-electron chi connectivity index (χ2n) is 6.90. The van der Waals surface area contributed by atoms with E-state index in [9.17, 15) is 14.7 Å². The summed E-state index contributed by atoms with van der Waals surface area (Å²) >= 11 is 6.28. The molecule has 0 aliphatic heterocycles. The lowest BCUT2D eigenvalue weighted by atomic mass is 9.84. The predicted molar refractivity (Wildman–Crippen MR) is 106 cm³/mol. The van der Waals surface area contributed by atoms with Crippen LogP contribution in [-0.2, 0) is 9.53 Å². The number of ether oxygens (including phenoxy) is 1. The van der Waals surface area contributed by atoms with Crippen LogP contribution in [0.1, 0.15) is 62.7 Å². The van der Waals surface area contributed by atoms with E-state index in [2.05, 4.69) is 24.9 Å². The van der Waals surface area contributed by atoms with E-state index in [1.165, 1.54) is 13.1 Å². The van der Waals surface area contributed by atoms with Crippen molar-refractivity contribution in [1.29, 1.82) is 0 Å². The molecule has 1 aliphatic carbocycles. The molecule has 5 nitrogen and oxygen atoms in total. The van der Waals surface area contributed by atoms with Crippen LogP contribution in [0.2, 0.25) is 0 Å². The number of aliphatic hydroxyl groups excluding tert-OH is 1. The van der Waals surface area contributed by atoms with Gasteiger partial charge in [-0.05, 0) is 31.9 Å². The van der Waals surface area contributed by atoms with Gasteiger partial charge >= 0.3 is 5.97 Å². The van der Waals surface area contributed by atoms with Crippen LogP contribution in [0.15, 0.2) is 35.7 Å². The maximum Gasteiger partial charge on any atom is 0.304 e. The van der Waals surface area contributed by atoms with E-state index in [1.54, 1.807) is 6.07 Å². The minimum atomic E-state index is -1.84. The van der Waals surface area contributed by atoms with Crippen LogP contribution >= 0.6 is 11.6 Å². The first kappa shape index (κ1) is 20.9. The normalized spacial score (nSPS) is 21.4. The van der Waals surface area contributed by atoms with Crippen molar-refractivity contribution in [3.63, 3.8) is 0 Å². The van der Waals surface area contributed by atoms with Gasteiger partial charge in [0.05, 0.1) is 10.7 Å². The Morgan fingerprint density at radius 2 is 2.07 bits per heavy atom. The predicted octanol–water partition coefficient (Wildman–Crippen LogP) is 5.07. The molecule has 0 spiro atoms. The van der Waals surface area contributed by atoms with E-state index in [0.29, 0.717) is 17.2 Å². The molecule has 144 valence electrons. The van der Waals surface area contributed by atoms with E-state index in [4.69, 9.17) is 16.3 Å². The van der Waals surface area contributed by atoms with Crippen LogP contribution in [-0.4, -0.2) is 27.4 Å². The van der Waals surface area contributed by atoms with Crippen molar-refractivity contribution in [2.75, 3.05) is 0 Å². The molecule has 0 aromatic carbocycles. The van der Waals surface area contributed by atoms with Gasteiger partial charge in [-0.2, -0.15) is 0 Å². The molecule has 0 fully saturated rings. The van der Waals surface area contributed by atoms with Crippen LogP contribution in [0.5, 0.6) is 0 Å². The molecule has 2 atom stereocenters. The number of hydrogen-bond donors (Lipinski definition) is 1. The second-order valence-corrected chi connectivity index (χ2v) is 7.28. The summed E-state index contributed by atoms with van der Waals surface area (Å²) in [7, 11) is 0. The third-order valence-electron chi connectivity index (χ3n) is 4.56. The molecule has 1 heterocycles. The van der Waals surface area contributed by atoms with E-state index >= 15 is 0 Å². The van der Waals surface area contributed by atoms with Crippen LogP contribution < -0.4 is 0 Å². The lowest BCUT2D eigenvalue weighted by molar-refractivity contribution is -0.150. The van der Waals surface area contributed by atoms with Gasteiger partial charge in [-0.3, -0.25) is 14.6 Å². The van der Waals surface area contributed by atoms with Gasteiger partial charge < -0.3 is 9.84 Å². The SMILES string of the molecule is CC[C@@H](C)/C=C(C)/C=C/c1cc2c(cn1)C(=O)[C@](C)(OC(C)=O)C(O)=C2Cl. The summed E-state index contributed by atoms with van der Waals surface area (Å²) in [6.45, 7) is 8.76. The first-order valence-electron chi connectivity index (χ1n) is 8.80. The molecular weight excluding hydrogens is 366 g/mol. The quantitative estimate of drug-likeness (QED) is 0.561. The third kappa shape index (κ3) is 4.30. The van der Waals surface area contributed by atoms with Gasteiger partial charge in [-0.25, -0.2) is 0 Å². The number of halogens is 1. The number of aliphatic hydroxyl groups is 1. The molecule has 0 unspecified atom stereocenters. The number of carbonyl (C=O) groups is 2. The Labute approximate surface area is 164 Å². The van der Waals surface area contributed by atoms with Crippen LogP contribution in [0.3, 0.4) is 0 Å². The first-order valence-corrected chi connectivity index (χ1v) is 9.18. The largest absolute Gasteiger partial charge is 0.506 e. The molecule has 2 rings (SSSR count). The van der Waals surface area contributed by atoms with Gasteiger partial charge in [0.1, 0.15) is 0 Å². The average Bonchev–Trinajstić information content (AvgIpc) is 2.62. The van der Waals surface area contributed by atoms with Crippen molar-refractivity contribution in [2.45, 2.75) is 46.6 Å². The number of carbonyl (C=O) groups excluding carboxylic acids is 2.